The number of hydrogen-bond acceptors (Lipinski definition) is 3. The van der Waals surface area contributed by atoms with Crippen LogP contribution < -0.4 is 5.48 Å². The van der Waals surface area contributed by atoms with Gasteiger partial charge in [0.05, 0.1) is 6.10 Å². The van der Waals surface area contributed by atoms with E-state index in [4.69, 9.17) is 9.94 Å². The number of hydrogen-bond donors (Lipinski definition) is 2. The molecule has 4 heteroatoms. The zero-order valence-electron chi connectivity index (χ0n) is 6.95. The van der Waals surface area contributed by atoms with Crippen molar-refractivity contribution in [3.63, 3.8) is 0 Å². The van der Waals surface area contributed by atoms with Crippen molar-refractivity contribution in [1.29, 1.82) is 0 Å². The molecule has 0 aliphatic heterocycles. The molecule has 0 aromatic heterocycles. The third kappa shape index (κ3) is 3.19. The van der Waals surface area contributed by atoms with E-state index in [1.165, 1.54) is 5.48 Å². The molecule has 2 N–H and O–H groups in total. The molecule has 0 bridgehead atoms. The molecular formula is C8H14NO3. The molecule has 1 rings (SSSR count). The predicted molar refractivity (Wildman–Crippen MR) is 42.4 cm³/mol. The maximum Gasteiger partial charge on any atom is 0.269 e. The summed E-state index contributed by atoms with van der Waals surface area (Å²) in [7, 11) is 0. The number of carbonyl (C=O) groups excluding carboxylic acids is 1. The van der Waals surface area contributed by atoms with Gasteiger partial charge < -0.3 is 4.74 Å². The number of rotatable bonds is 3. The van der Waals surface area contributed by atoms with Crippen molar-refractivity contribution in [1.82, 2.24) is 5.48 Å². The van der Waals surface area contributed by atoms with E-state index < -0.39 is 5.91 Å². The fourth-order valence-electron chi connectivity index (χ4n) is 1.29. The van der Waals surface area contributed by atoms with E-state index in [2.05, 4.69) is 6.42 Å². The van der Waals surface area contributed by atoms with E-state index in [0.717, 1.165) is 25.7 Å². The van der Waals surface area contributed by atoms with Crippen LogP contribution in [0.15, 0.2) is 0 Å². The molecule has 0 aromatic rings. The van der Waals surface area contributed by atoms with E-state index in [0.29, 0.717) is 0 Å². The quantitative estimate of drug-likeness (QED) is 0.485. The minimum Gasteiger partial charge on any atom is -0.368 e. The van der Waals surface area contributed by atoms with Crippen LogP contribution >= 0.6 is 0 Å². The Morgan fingerprint density at radius 1 is 1.58 bits per heavy atom. The summed E-state index contributed by atoms with van der Waals surface area (Å²) in [5, 5.41) is 8.18. The van der Waals surface area contributed by atoms with Gasteiger partial charge in [-0.05, 0) is 32.1 Å². The molecule has 4 nitrogen and oxygen atoms in total. The van der Waals surface area contributed by atoms with Crippen molar-refractivity contribution >= 4 is 5.91 Å². The first kappa shape index (κ1) is 9.48. The normalized spacial score (nSPS) is 19.1. The molecule has 1 aliphatic rings. The van der Waals surface area contributed by atoms with E-state index >= 15 is 0 Å². The fourth-order valence-corrected chi connectivity index (χ4v) is 1.29. The van der Waals surface area contributed by atoms with Gasteiger partial charge in [-0.3, -0.25) is 10.0 Å². The monoisotopic (exact) mass is 172 g/mol. The molecule has 69 valence electrons. The minimum atomic E-state index is -0.482. The third-order valence-corrected chi connectivity index (χ3v) is 1.96. The minimum absolute atomic E-state index is 0.0405. The second-order valence-corrected chi connectivity index (χ2v) is 2.91. The van der Waals surface area contributed by atoms with Crippen LogP contribution in [0.1, 0.15) is 25.7 Å². The molecule has 1 amide bonds. The number of hydroxylamine groups is 1. The summed E-state index contributed by atoms with van der Waals surface area (Å²) >= 11 is 0. The lowest BCUT2D eigenvalue weighted by molar-refractivity contribution is -0.136. The molecular weight excluding hydrogens is 158 g/mol. The lowest BCUT2D eigenvalue weighted by Gasteiger charge is -2.20. The second-order valence-electron chi connectivity index (χ2n) is 2.91. The number of carbonyl (C=O) groups is 1. The Labute approximate surface area is 71.9 Å². The zero-order chi connectivity index (χ0) is 8.81. The highest BCUT2D eigenvalue weighted by Crippen LogP contribution is 2.18. The van der Waals surface area contributed by atoms with Crippen LogP contribution in [0.5, 0.6) is 0 Å². The topological polar surface area (TPSA) is 58.6 Å². The van der Waals surface area contributed by atoms with Crippen molar-refractivity contribution in [2.75, 3.05) is 6.61 Å². The fraction of sp³-hybridized carbons (Fsp3) is 0.750. The molecule has 1 radical (unpaired) electrons. The van der Waals surface area contributed by atoms with E-state index in [9.17, 15) is 4.79 Å². The molecule has 1 fully saturated rings. The molecule has 0 aromatic carbocycles. The van der Waals surface area contributed by atoms with E-state index in [1.807, 2.05) is 0 Å². The van der Waals surface area contributed by atoms with Crippen molar-refractivity contribution in [3.05, 3.63) is 6.42 Å². The van der Waals surface area contributed by atoms with Crippen molar-refractivity contribution in [3.8, 4) is 0 Å². The SMILES string of the molecule is O=C(COC1CC[CH]CC1)NO. The Bertz CT molecular complexity index is 143. The summed E-state index contributed by atoms with van der Waals surface area (Å²) in [6.07, 6.45) is 6.51. The van der Waals surface area contributed by atoms with Crippen LogP contribution in [0, 0.1) is 6.42 Å². The molecule has 0 unspecified atom stereocenters. The summed E-state index contributed by atoms with van der Waals surface area (Å²) in [4.78, 5) is 10.6. The Balaban J connectivity index is 2.09. The standard InChI is InChI=1S/C8H14NO3/c10-8(9-11)6-12-7-4-2-1-3-5-7/h1,7,11H,2-6H2,(H,9,10). The van der Waals surface area contributed by atoms with Gasteiger partial charge in [-0.2, -0.15) is 0 Å². The Morgan fingerprint density at radius 3 is 2.83 bits per heavy atom. The Kier molecular flexibility index (Phi) is 4.04. The zero-order valence-corrected chi connectivity index (χ0v) is 6.95. The summed E-state index contributed by atoms with van der Waals surface area (Å²) in [6.45, 7) is -0.0405. The van der Waals surface area contributed by atoms with Crippen LogP contribution in [0.3, 0.4) is 0 Å². The predicted octanol–water partition coefficient (Wildman–Crippen LogP) is 0.655. The van der Waals surface area contributed by atoms with Crippen LogP contribution in [0.25, 0.3) is 0 Å². The first-order valence-corrected chi connectivity index (χ1v) is 4.19. The first-order valence-electron chi connectivity index (χ1n) is 4.19. The molecule has 0 saturated heterocycles. The molecule has 1 saturated carbocycles. The van der Waals surface area contributed by atoms with Gasteiger partial charge in [0.25, 0.3) is 5.91 Å². The van der Waals surface area contributed by atoms with Gasteiger partial charge in [0.15, 0.2) is 0 Å². The second kappa shape index (κ2) is 5.11. The number of amides is 1. The van der Waals surface area contributed by atoms with Crippen molar-refractivity contribution in [2.45, 2.75) is 31.8 Å². The van der Waals surface area contributed by atoms with Gasteiger partial charge in [0.2, 0.25) is 0 Å². The van der Waals surface area contributed by atoms with Gasteiger partial charge in [0, 0.05) is 0 Å². The molecule has 0 atom stereocenters. The highest BCUT2D eigenvalue weighted by molar-refractivity contribution is 5.75. The lowest BCUT2D eigenvalue weighted by Crippen LogP contribution is -2.28. The first-order chi connectivity index (χ1) is 5.83. The maximum atomic E-state index is 10.6. The van der Waals surface area contributed by atoms with Gasteiger partial charge >= 0.3 is 0 Å². The highest BCUT2D eigenvalue weighted by Gasteiger charge is 2.14. The van der Waals surface area contributed by atoms with Crippen LogP contribution in [-0.2, 0) is 9.53 Å². The van der Waals surface area contributed by atoms with Crippen LogP contribution in [0.4, 0.5) is 0 Å². The van der Waals surface area contributed by atoms with E-state index in [-0.39, 0.29) is 12.7 Å². The van der Waals surface area contributed by atoms with Crippen molar-refractivity contribution in [2.24, 2.45) is 0 Å². The molecule has 0 heterocycles. The summed E-state index contributed by atoms with van der Waals surface area (Å²) < 4.78 is 5.24. The molecule has 1 aliphatic carbocycles. The number of ether oxygens (including phenoxy) is 1. The number of nitrogens with one attached hydrogen (secondary N) is 1. The Morgan fingerprint density at radius 2 is 2.25 bits per heavy atom. The largest absolute Gasteiger partial charge is 0.368 e. The van der Waals surface area contributed by atoms with Crippen molar-refractivity contribution < 1.29 is 14.7 Å². The third-order valence-electron chi connectivity index (χ3n) is 1.96. The lowest BCUT2D eigenvalue weighted by atomic mass is 9.98. The van der Waals surface area contributed by atoms with Gasteiger partial charge in [-0.15, -0.1) is 0 Å². The Hall–Kier alpha value is -0.610. The van der Waals surface area contributed by atoms with Gasteiger partial charge in [-0.1, -0.05) is 0 Å². The smallest absolute Gasteiger partial charge is 0.269 e. The van der Waals surface area contributed by atoms with E-state index in [1.54, 1.807) is 0 Å². The summed E-state index contributed by atoms with van der Waals surface area (Å²) in [5.74, 6) is -0.482. The summed E-state index contributed by atoms with van der Waals surface area (Å²) in [5.41, 5.74) is 1.53. The van der Waals surface area contributed by atoms with Crippen LogP contribution in [-0.4, -0.2) is 23.8 Å². The maximum absolute atomic E-state index is 10.6. The molecule has 12 heavy (non-hydrogen) atoms. The van der Waals surface area contributed by atoms with Gasteiger partial charge in [0.1, 0.15) is 6.61 Å². The molecule has 0 spiro atoms. The highest BCUT2D eigenvalue weighted by atomic mass is 16.5. The van der Waals surface area contributed by atoms with Gasteiger partial charge in [-0.25, -0.2) is 5.48 Å². The average molecular weight is 172 g/mol. The van der Waals surface area contributed by atoms with Crippen LogP contribution in [0.2, 0.25) is 0 Å². The summed E-state index contributed by atoms with van der Waals surface area (Å²) in [6, 6.07) is 0. The average Bonchev–Trinajstić information content (AvgIpc) is 2.16.